The summed E-state index contributed by atoms with van der Waals surface area (Å²) in [7, 11) is 11.2. The van der Waals surface area contributed by atoms with Gasteiger partial charge in [0.05, 0.1) is 20.3 Å². The summed E-state index contributed by atoms with van der Waals surface area (Å²) in [5.41, 5.74) is 2.71. The minimum absolute atomic E-state index is 0.250. The molecule has 1 aromatic carbocycles. The number of methoxy groups -OCH3 is 2. The maximum absolute atomic E-state index is 8.36. The molecule has 2 heterocycles. The number of morpholine rings is 1. The van der Waals surface area contributed by atoms with Gasteiger partial charge >= 0.3 is 0 Å². The van der Waals surface area contributed by atoms with Gasteiger partial charge in [0, 0.05) is 77.1 Å². The molecule has 1 fully saturated rings. The minimum Gasteiger partial charge on any atom is -0.497 e. The van der Waals surface area contributed by atoms with E-state index in [2.05, 4.69) is 81.7 Å². The van der Waals surface area contributed by atoms with Crippen molar-refractivity contribution in [3.8, 4) is 5.75 Å². The third kappa shape index (κ3) is 25.6. The SMILES string of the molecule is CC.CC.CC.CCN(CCNC)CCn1cc(CCN(C)C)c2cc(OC)ccc21.CCN1CCOCC1.COC.O=CO. The van der Waals surface area contributed by atoms with E-state index in [0.29, 0.717) is 0 Å². The smallest absolute Gasteiger partial charge is 0.290 e. The fraction of sp³-hybridized carbons (Fsp3) is 0.743. The van der Waals surface area contributed by atoms with Crippen molar-refractivity contribution in [2.45, 2.75) is 68.4 Å². The van der Waals surface area contributed by atoms with Crippen LogP contribution in [0.3, 0.4) is 0 Å². The first kappa shape index (κ1) is 49.7. The van der Waals surface area contributed by atoms with Crippen molar-refractivity contribution in [2.24, 2.45) is 0 Å². The molecule has 0 bridgehead atoms. The molecular formula is C35H73N5O5. The van der Waals surface area contributed by atoms with Crippen LogP contribution in [-0.4, -0.2) is 139 Å². The van der Waals surface area contributed by atoms with E-state index >= 15 is 0 Å². The number of likely N-dealkylation sites (N-methyl/N-ethyl adjacent to an activating group) is 4. The van der Waals surface area contributed by atoms with Gasteiger partial charge in [-0.25, -0.2) is 0 Å². The number of nitrogens with zero attached hydrogens (tertiary/aromatic N) is 4. The first-order valence-corrected chi connectivity index (χ1v) is 16.8. The van der Waals surface area contributed by atoms with Crippen LogP contribution in [-0.2, 0) is 27.2 Å². The Hall–Kier alpha value is -2.21. The van der Waals surface area contributed by atoms with Crippen molar-refractivity contribution in [2.75, 3.05) is 108 Å². The van der Waals surface area contributed by atoms with E-state index in [4.69, 9.17) is 19.4 Å². The highest BCUT2D eigenvalue weighted by molar-refractivity contribution is 5.85. The lowest BCUT2D eigenvalue weighted by molar-refractivity contribution is -0.122. The third-order valence-electron chi connectivity index (χ3n) is 6.33. The van der Waals surface area contributed by atoms with Crippen LogP contribution in [0.15, 0.2) is 24.4 Å². The monoisotopic (exact) mass is 644 g/mol. The number of carbonyl (C=O) groups is 1. The van der Waals surface area contributed by atoms with Crippen molar-refractivity contribution < 1.29 is 24.1 Å². The zero-order chi connectivity index (χ0) is 35.5. The number of rotatable bonds is 12. The number of carboxylic acid groups (broad SMARTS) is 1. The zero-order valence-electron chi connectivity index (χ0n) is 31.7. The van der Waals surface area contributed by atoms with E-state index in [-0.39, 0.29) is 6.47 Å². The van der Waals surface area contributed by atoms with Gasteiger partial charge < -0.3 is 39.0 Å². The molecule has 0 spiro atoms. The average molecular weight is 644 g/mol. The summed E-state index contributed by atoms with van der Waals surface area (Å²) in [4.78, 5) is 15.5. The quantitative estimate of drug-likeness (QED) is 0.284. The van der Waals surface area contributed by atoms with Gasteiger partial charge in [-0.2, -0.15) is 0 Å². The second-order valence-corrected chi connectivity index (χ2v) is 9.38. The van der Waals surface area contributed by atoms with Gasteiger partial charge in [-0.1, -0.05) is 55.4 Å². The Morgan fingerprint density at radius 2 is 1.53 bits per heavy atom. The second kappa shape index (κ2) is 38.0. The number of hydrogen-bond donors (Lipinski definition) is 2. The van der Waals surface area contributed by atoms with E-state index in [1.165, 1.54) is 23.0 Å². The van der Waals surface area contributed by atoms with E-state index < -0.39 is 0 Å². The fourth-order valence-electron chi connectivity index (χ4n) is 4.07. The van der Waals surface area contributed by atoms with Crippen molar-refractivity contribution in [1.82, 2.24) is 24.6 Å². The van der Waals surface area contributed by atoms with Crippen molar-refractivity contribution in [3.05, 3.63) is 30.0 Å². The standard InChI is InChI=1S/C20H34N4O.C6H13NO.C2H6O.3C2H6.CH2O2/c1-6-23(12-10-21-2)13-14-24-16-17(9-11-22(3)4)19-15-18(25-5)7-8-20(19)24;1-2-7-3-5-8-6-4-7;1-3-2;3*1-2;2-1-3/h7-8,15-16,21H,6,9-14H2,1-5H3;2-6H2,1H3;1-2H3;3*1-2H3;1H,(H,2,3). The van der Waals surface area contributed by atoms with Crippen molar-refractivity contribution in [3.63, 3.8) is 0 Å². The molecule has 2 N–H and O–H groups in total. The lowest BCUT2D eigenvalue weighted by Crippen LogP contribution is -2.35. The molecule has 1 aromatic heterocycles. The molecule has 1 aliphatic rings. The highest BCUT2D eigenvalue weighted by atomic mass is 16.5. The molecule has 2 aromatic rings. The van der Waals surface area contributed by atoms with Gasteiger partial charge in [0.25, 0.3) is 6.47 Å². The van der Waals surface area contributed by atoms with Crippen LogP contribution in [0.25, 0.3) is 10.9 Å². The van der Waals surface area contributed by atoms with Gasteiger partial charge in [0.1, 0.15) is 5.75 Å². The van der Waals surface area contributed by atoms with Gasteiger partial charge in [-0.05, 0) is 64.4 Å². The second-order valence-electron chi connectivity index (χ2n) is 9.38. The molecule has 1 aliphatic heterocycles. The van der Waals surface area contributed by atoms with E-state index in [1.54, 1.807) is 21.3 Å². The maximum Gasteiger partial charge on any atom is 0.290 e. The number of benzene rings is 1. The molecule has 0 aliphatic carbocycles. The van der Waals surface area contributed by atoms with Crippen LogP contribution in [0.5, 0.6) is 5.75 Å². The average Bonchev–Trinajstić information content (AvgIpc) is 3.44. The summed E-state index contributed by atoms with van der Waals surface area (Å²) >= 11 is 0. The summed E-state index contributed by atoms with van der Waals surface area (Å²) in [5, 5.41) is 11.4. The Balaban J connectivity index is -0.000000345. The zero-order valence-corrected chi connectivity index (χ0v) is 31.7. The third-order valence-corrected chi connectivity index (χ3v) is 6.33. The predicted molar refractivity (Wildman–Crippen MR) is 195 cm³/mol. The van der Waals surface area contributed by atoms with Crippen LogP contribution in [0.4, 0.5) is 0 Å². The molecular weight excluding hydrogens is 570 g/mol. The van der Waals surface area contributed by atoms with Crippen LogP contribution >= 0.6 is 0 Å². The van der Waals surface area contributed by atoms with Crippen molar-refractivity contribution in [1.29, 1.82) is 0 Å². The molecule has 10 heteroatoms. The van der Waals surface area contributed by atoms with Crippen LogP contribution < -0.4 is 10.1 Å². The maximum atomic E-state index is 8.36. The highest BCUT2D eigenvalue weighted by Gasteiger charge is 2.11. The number of ether oxygens (including phenoxy) is 3. The normalized spacial score (nSPS) is 11.8. The summed E-state index contributed by atoms with van der Waals surface area (Å²) < 4.78 is 17.3. The summed E-state index contributed by atoms with van der Waals surface area (Å²) in [6, 6.07) is 6.43. The number of hydrogen-bond acceptors (Lipinski definition) is 8. The molecule has 1 saturated heterocycles. The van der Waals surface area contributed by atoms with E-state index in [1.807, 2.05) is 48.6 Å². The summed E-state index contributed by atoms with van der Waals surface area (Å²) in [6.07, 6.45) is 3.39. The topological polar surface area (TPSA) is 91.7 Å². The first-order chi connectivity index (χ1) is 21.8. The predicted octanol–water partition coefficient (Wildman–Crippen LogP) is 5.68. The number of aromatic nitrogens is 1. The lowest BCUT2D eigenvalue weighted by Gasteiger charge is -2.24. The molecule has 0 amide bonds. The number of nitrogens with one attached hydrogen (secondary N) is 1. The lowest BCUT2D eigenvalue weighted by atomic mass is 10.1. The Labute approximate surface area is 278 Å². The Kier molecular flexibility index (Phi) is 41.9. The Morgan fingerprint density at radius 3 is 1.96 bits per heavy atom. The summed E-state index contributed by atoms with van der Waals surface area (Å²) in [5.74, 6) is 0.931. The van der Waals surface area contributed by atoms with Crippen LogP contribution in [0, 0.1) is 0 Å². The molecule has 10 nitrogen and oxygen atoms in total. The van der Waals surface area contributed by atoms with Crippen LogP contribution in [0.1, 0.15) is 61.0 Å². The van der Waals surface area contributed by atoms with Gasteiger partial charge in [0.2, 0.25) is 0 Å². The summed E-state index contributed by atoms with van der Waals surface area (Å²) in [6.45, 7) is 27.8. The van der Waals surface area contributed by atoms with E-state index in [0.717, 1.165) is 77.7 Å². The Morgan fingerprint density at radius 1 is 0.978 bits per heavy atom. The molecule has 268 valence electrons. The minimum atomic E-state index is -0.250. The van der Waals surface area contributed by atoms with Crippen LogP contribution in [0.2, 0.25) is 0 Å². The fourth-order valence-corrected chi connectivity index (χ4v) is 4.07. The first-order valence-electron chi connectivity index (χ1n) is 16.8. The molecule has 3 rings (SSSR count). The van der Waals surface area contributed by atoms with Gasteiger partial charge in [0.15, 0.2) is 0 Å². The van der Waals surface area contributed by atoms with E-state index in [9.17, 15) is 0 Å². The molecule has 0 atom stereocenters. The molecule has 0 unspecified atom stereocenters. The highest BCUT2D eigenvalue weighted by Crippen LogP contribution is 2.26. The molecule has 0 saturated carbocycles. The largest absolute Gasteiger partial charge is 0.497 e. The number of fused-ring (bicyclic) bond motifs is 1. The Bertz CT molecular complexity index is 858. The van der Waals surface area contributed by atoms with Crippen molar-refractivity contribution >= 4 is 17.4 Å². The van der Waals surface area contributed by atoms with Gasteiger partial charge in [-0.3, -0.25) is 9.69 Å². The van der Waals surface area contributed by atoms with Gasteiger partial charge in [-0.15, -0.1) is 0 Å². The molecule has 0 radical (unpaired) electrons. The molecule has 45 heavy (non-hydrogen) atoms.